The van der Waals surface area contributed by atoms with E-state index in [0.29, 0.717) is 5.75 Å². The topological polar surface area (TPSA) is 211 Å². The molecule has 0 aromatic heterocycles. The summed E-state index contributed by atoms with van der Waals surface area (Å²) in [4.78, 5) is 69.9. The first kappa shape index (κ1) is 27.2. The van der Waals surface area contributed by atoms with Gasteiger partial charge in [-0.15, -0.1) is 0 Å². The third-order valence-corrected chi connectivity index (χ3v) is 4.55. The van der Waals surface area contributed by atoms with E-state index in [1.807, 2.05) is 0 Å². The number of nitrogens with two attached hydrogens (primary N) is 2. The van der Waals surface area contributed by atoms with E-state index in [4.69, 9.17) is 11.5 Å². The van der Waals surface area contributed by atoms with Crippen molar-refractivity contribution in [1.29, 1.82) is 0 Å². The highest BCUT2D eigenvalue weighted by molar-refractivity contribution is 7.98. The summed E-state index contributed by atoms with van der Waals surface area (Å²) in [6, 6.07) is -3.60. The second-order valence-electron chi connectivity index (χ2n) is 6.51. The van der Waals surface area contributed by atoms with Gasteiger partial charge in [0.2, 0.25) is 29.5 Å². The summed E-state index contributed by atoms with van der Waals surface area (Å²) in [6.45, 7) is 1.17. The van der Waals surface area contributed by atoms with Crippen molar-refractivity contribution < 1.29 is 33.9 Å². The van der Waals surface area contributed by atoms with E-state index in [1.165, 1.54) is 18.7 Å². The third kappa shape index (κ3) is 11.9. The van der Waals surface area contributed by atoms with Gasteiger partial charge in [-0.3, -0.25) is 24.0 Å². The Kier molecular flexibility index (Phi) is 12.9. The highest BCUT2D eigenvalue weighted by Crippen LogP contribution is 2.05. The van der Waals surface area contributed by atoms with E-state index in [1.54, 1.807) is 6.26 Å². The van der Waals surface area contributed by atoms with Crippen molar-refractivity contribution >= 4 is 47.3 Å². The minimum absolute atomic E-state index is 0.101. The molecule has 0 aromatic rings. The van der Waals surface area contributed by atoms with Crippen molar-refractivity contribution in [2.45, 2.75) is 57.2 Å². The molecular formula is C17H29N5O7S. The van der Waals surface area contributed by atoms with E-state index in [2.05, 4.69) is 16.0 Å². The standard InChI is InChI=1S/C17H29N5O7S/c1-9(23)20-10(3-5-13(18)24)15(26)21-11(4-6-14(19)25)16(27)22-12(17(28)29)7-8-30-2/h10-12H,3-8H2,1-2H3,(H2,18,24)(H2,19,25)(H,20,23)(H,21,26)(H,22,27)(H,28,29)/t10-,11-,12-/m0/s1. The zero-order valence-corrected chi connectivity index (χ0v) is 17.8. The molecule has 0 aromatic carbocycles. The summed E-state index contributed by atoms with van der Waals surface area (Å²) < 4.78 is 0. The predicted molar refractivity (Wildman–Crippen MR) is 109 cm³/mol. The van der Waals surface area contributed by atoms with Gasteiger partial charge in [0.1, 0.15) is 18.1 Å². The minimum atomic E-state index is -1.27. The van der Waals surface area contributed by atoms with Crippen LogP contribution in [0.2, 0.25) is 0 Å². The molecule has 0 rings (SSSR count). The number of nitrogens with one attached hydrogen (secondary N) is 3. The lowest BCUT2D eigenvalue weighted by Crippen LogP contribution is -2.56. The fraction of sp³-hybridized carbons (Fsp3) is 0.647. The Balaban J connectivity index is 5.35. The van der Waals surface area contributed by atoms with Crippen LogP contribution >= 0.6 is 11.8 Å². The van der Waals surface area contributed by atoms with Crippen molar-refractivity contribution in [3.8, 4) is 0 Å². The first-order valence-corrected chi connectivity index (χ1v) is 10.5. The molecule has 0 bridgehead atoms. The van der Waals surface area contributed by atoms with Crippen LogP contribution in [0.15, 0.2) is 0 Å². The van der Waals surface area contributed by atoms with Gasteiger partial charge in [0.25, 0.3) is 0 Å². The van der Waals surface area contributed by atoms with Crippen LogP contribution in [0, 0.1) is 0 Å². The second-order valence-corrected chi connectivity index (χ2v) is 7.49. The molecule has 30 heavy (non-hydrogen) atoms. The molecule has 170 valence electrons. The van der Waals surface area contributed by atoms with Crippen LogP contribution in [-0.2, 0) is 28.8 Å². The Labute approximate surface area is 178 Å². The number of amides is 5. The number of carboxylic acids is 1. The number of rotatable bonds is 15. The molecule has 0 aliphatic heterocycles. The molecule has 0 aliphatic carbocycles. The molecule has 5 amide bonds. The second kappa shape index (κ2) is 14.2. The number of hydrogen-bond donors (Lipinski definition) is 6. The fourth-order valence-corrected chi connectivity index (χ4v) is 2.87. The largest absolute Gasteiger partial charge is 0.480 e. The molecule has 8 N–H and O–H groups in total. The van der Waals surface area contributed by atoms with Gasteiger partial charge in [0.05, 0.1) is 0 Å². The SMILES string of the molecule is CSCC[C@H](NC(=O)[C@H](CCC(N)=O)NC(=O)[C@H](CCC(N)=O)NC(C)=O)C(=O)O. The maximum atomic E-state index is 12.6. The molecule has 0 saturated carbocycles. The van der Waals surface area contributed by atoms with E-state index >= 15 is 0 Å². The van der Waals surface area contributed by atoms with Crippen molar-refractivity contribution in [2.24, 2.45) is 11.5 Å². The van der Waals surface area contributed by atoms with Crippen LogP contribution in [0.4, 0.5) is 0 Å². The first-order valence-electron chi connectivity index (χ1n) is 9.14. The zero-order valence-electron chi connectivity index (χ0n) is 16.9. The third-order valence-electron chi connectivity index (χ3n) is 3.91. The molecule has 3 atom stereocenters. The molecule has 13 heteroatoms. The Morgan fingerprint density at radius 1 is 0.800 bits per heavy atom. The highest BCUT2D eigenvalue weighted by atomic mass is 32.2. The van der Waals surface area contributed by atoms with Crippen LogP contribution in [0.1, 0.15) is 39.0 Å². The van der Waals surface area contributed by atoms with Gasteiger partial charge in [0.15, 0.2) is 0 Å². The highest BCUT2D eigenvalue weighted by Gasteiger charge is 2.29. The monoisotopic (exact) mass is 447 g/mol. The minimum Gasteiger partial charge on any atom is -0.480 e. The number of carbonyl (C=O) groups is 6. The molecule has 0 aliphatic rings. The summed E-state index contributed by atoms with van der Waals surface area (Å²) >= 11 is 1.40. The predicted octanol–water partition coefficient (Wildman–Crippen LogP) is -2.17. The van der Waals surface area contributed by atoms with Crippen LogP contribution in [-0.4, -0.2) is 70.7 Å². The zero-order chi connectivity index (χ0) is 23.3. The van der Waals surface area contributed by atoms with Gasteiger partial charge in [0, 0.05) is 19.8 Å². The van der Waals surface area contributed by atoms with Gasteiger partial charge in [-0.25, -0.2) is 4.79 Å². The van der Waals surface area contributed by atoms with Gasteiger partial charge in [-0.05, 0) is 31.3 Å². The summed E-state index contributed by atoms with van der Waals surface area (Å²) in [5.41, 5.74) is 10.2. The van der Waals surface area contributed by atoms with E-state index in [-0.39, 0.29) is 32.1 Å². The quantitative estimate of drug-likeness (QED) is 0.162. The van der Waals surface area contributed by atoms with Gasteiger partial charge < -0.3 is 32.5 Å². The average molecular weight is 448 g/mol. The summed E-state index contributed by atoms with van der Waals surface area (Å²) in [5.74, 6) is -4.30. The van der Waals surface area contributed by atoms with E-state index in [9.17, 15) is 33.9 Å². The number of carboxylic acid groups (broad SMARTS) is 1. The summed E-state index contributed by atoms with van der Waals surface area (Å²) in [6.07, 6.45) is 1.23. The van der Waals surface area contributed by atoms with Crippen LogP contribution in [0.3, 0.4) is 0 Å². The van der Waals surface area contributed by atoms with E-state index < -0.39 is 53.6 Å². The van der Waals surface area contributed by atoms with Gasteiger partial charge in [-0.1, -0.05) is 0 Å². The lowest BCUT2D eigenvalue weighted by atomic mass is 10.1. The molecule has 0 saturated heterocycles. The van der Waals surface area contributed by atoms with Crippen molar-refractivity contribution in [2.75, 3.05) is 12.0 Å². The number of thioether (sulfide) groups is 1. The van der Waals surface area contributed by atoms with Gasteiger partial charge in [-0.2, -0.15) is 11.8 Å². The summed E-state index contributed by atoms with van der Waals surface area (Å²) in [5, 5.41) is 16.3. The molecular weight excluding hydrogens is 418 g/mol. The molecule has 0 spiro atoms. The number of primary amides is 2. The van der Waals surface area contributed by atoms with Crippen LogP contribution < -0.4 is 27.4 Å². The Morgan fingerprint density at radius 3 is 1.60 bits per heavy atom. The smallest absolute Gasteiger partial charge is 0.326 e. The van der Waals surface area contributed by atoms with E-state index in [0.717, 1.165) is 0 Å². The maximum absolute atomic E-state index is 12.6. The number of carbonyl (C=O) groups excluding carboxylic acids is 5. The number of hydrogen-bond acceptors (Lipinski definition) is 7. The lowest BCUT2D eigenvalue weighted by molar-refractivity contribution is -0.142. The maximum Gasteiger partial charge on any atom is 0.326 e. The van der Waals surface area contributed by atoms with Gasteiger partial charge >= 0.3 is 5.97 Å². The Bertz CT molecular complexity index is 658. The Hall–Kier alpha value is -2.83. The Morgan fingerprint density at radius 2 is 1.23 bits per heavy atom. The first-order chi connectivity index (χ1) is 14.0. The van der Waals surface area contributed by atoms with Crippen LogP contribution in [0.25, 0.3) is 0 Å². The lowest BCUT2D eigenvalue weighted by Gasteiger charge is -2.24. The number of aliphatic carboxylic acids is 1. The normalized spacial score (nSPS) is 13.4. The molecule has 0 heterocycles. The van der Waals surface area contributed by atoms with Crippen LogP contribution in [0.5, 0.6) is 0 Å². The van der Waals surface area contributed by atoms with Crippen molar-refractivity contribution in [3.05, 3.63) is 0 Å². The van der Waals surface area contributed by atoms with Crippen molar-refractivity contribution in [3.63, 3.8) is 0 Å². The molecule has 0 fully saturated rings. The summed E-state index contributed by atoms with van der Waals surface area (Å²) in [7, 11) is 0. The molecule has 0 radical (unpaired) electrons. The average Bonchev–Trinajstić information content (AvgIpc) is 2.64. The molecule has 0 unspecified atom stereocenters. The van der Waals surface area contributed by atoms with Crippen molar-refractivity contribution in [1.82, 2.24) is 16.0 Å². The molecule has 12 nitrogen and oxygen atoms in total. The fourth-order valence-electron chi connectivity index (χ4n) is 2.39.